The molecular formula is C21H32O. The van der Waals surface area contributed by atoms with E-state index in [4.69, 9.17) is 4.42 Å². The lowest BCUT2D eigenvalue weighted by Gasteiger charge is -2.58. The normalized spacial score (nSPS) is 34.5. The van der Waals surface area contributed by atoms with Crippen LogP contribution < -0.4 is 0 Å². The summed E-state index contributed by atoms with van der Waals surface area (Å²) in [4.78, 5) is 0. The van der Waals surface area contributed by atoms with Crippen LogP contribution >= 0.6 is 0 Å². The van der Waals surface area contributed by atoms with Gasteiger partial charge in [0.1, 0.15) is 5.76 Å². The van der Waals surface area contributed by atoms with E-state index in [1.54, 1.807) is 0 Å². The molecule has 122 valence electrons. The summed E-state index contributed by atoms with van der Waals surface area (Å²) in [6, 6.07) is 2.08. The standard InChI is InChI=1S/C21H32O/c1-15-7-10-19-20(3,4)12-6-13-21(19,5)17(15)8-9-18-16(2)11-14-22-18/h11,14,17,19H,1,6-10,12-13H2,2-5H3/t17-,19-,21+/m0/s1. The van der Waals surface area contributed by atoms with Crippen molar-refractivity contribution in [3.63, 3.8) is 0 Å². The summed E-state index contributed by atoms with van der Waals surface area (Å²) in [5.41, 5.74) is 3.73. The van der Waals surface area contributed by atoms with E-state index in [1.165, 1.54) is 55.4 Å². The average molecular weight is 300 g/mol. The first kappa shape index (κ1) is 15.9. The van der Waals surface area contributed by atoms with Gasteiger partial charge in [-0.3, -0.25) is 0 Å². The van der Waals surface area contributed by atoms with Crippen molar-refractivity contribution in [1.82, 2.24) is 0 Å². The van der Waals surface area contributed by atoms with E-state index in [-0.39, 0.29) is 0 Å². The predicted octanol–water partition coefficient (Wildman–Crippen LogP) is 6.32. The Labute approximate surface area is 136 Å². The first-order valence-electron chi connectivity index (χ1n) is 9.05. The van der Waals surface area contributed by atoms with E-state index in [0.717, 1.165) is 12.3 Å². The monoisotopic (exact) mass is 300 g/mol. The fourth-order valence-corrected chi connectivity index (χ4v) is 5.74. The molecule has 3 rings (SSSR count). The van der Waals surface area contributed by atoms with E-state index in [0.29, 0.717) is 16.7 Å². The third kappa shape index (κ3) is 2.57. The van der Waals surface area contributed by atoms with Crippen LogP contribution in [0.3, 0.4) is 0 Å². The maximum Gasteiger partial charge on any atom is 0.106 e. The number of aryl methyl sites for hydroxylation is 2. The van der Waals surface area contributed by atoms with E-state index in [2.05, 4.69) is 40.3 Å². The highest BCUT2D eigenvalue weighted by molar-refractivity contribution is 5.18. The minimum Gasteiger partial charge on any atom is -0.469 e. The molecule has 0 amide bonds. The van der Waals surface area contributed by atoms with Gasteiger partial charge in [0.15, 0.2) is 0 Å². The summed E-state index contributed by atoms with van der Waals surface area (Å²) in [7, 11) is 0. The number of allylic oxidation sites excluding steroid dienone is 1. The Balaban J connectivity index is 1.81. The molecular weight excluding hydrogens is 268 g/mol. The minimum atomic E-state index is 0.442. The topological polar surface area (TPSA) is 13.1 Å². The Morgan fingerprint density at radius 1 is 1.27 bits per heavy atom. The Bertz CT molecular complexity index is 550. The molecule has 1 aromatic rings. The number of rotatable bonds is 3. The van der Waals surface area contributed by atoms with Crippen LogP contribution in [0, 0.1) is 29.6 Å². The Hall–Kier alpha value is -0.980. The maximum absolute atomic E-state index is 5.67. The van der Waals surface area contributed by atoms with E-state index in [1.807, 2.05) is 6.26 Å². The van der Waals surface area contributed by atoms with Crippen LogP contribution in [0.1, 0.15) is 70.6 Å². The molecule has 2 aliphatic carbocycles. The number of hydrogen-bond acceptors (Lipinski definition) is 1. The Kier molecular flexibility index (Phi) is 4.03. The van der Waals surface area contributed by atoms with Crippen LogP contribution in [-0.2, 0) is 6.42 Å². The van der Waals surface area contributed by atoms with Crippen molar-refractivity contribution in [3.8, 4) is 0 Å². The van der Waals surface area contributed by atoms with Gasteiger partial charge in [-0.1, -0.05) is 39.3 Å². The van der Waals surface area contributed by atoms with Crippen molar-refractivity contribution in [2.45, 2.75) is 72.6 Å². The van der Waals surface area contributed by atoms with Crippen LogP contribution in [0.25, 0.3) is 0 Å². The summed E-state index contributed by atoms with van der Waals surface area (Å²) in [5, 5.41) is 0. The summed E-state index contributed by atoms with van der Waals surface area (Å²) >= 11 is 0. The van der Waals surface area contributed by atoms with Gasteiger partial charge in [0.25, 0.3) is 0 Å². The molecule has 2 aliphatic rings. The second kappa shape index (κ2) is 5.58. The third-order valence-corrected chi connectivity index (χ3v) is 6.95. The zero-order chi connectivity index (χ0) is 16.0. The lowest BCUT2D eigenvalue weighted by Crippen LogP contribution is -2.49. The largest absolute Gasteiger partial charge is 0.469 e. The van der Waals surface area contributed by atoms with Gasteiger partial charge >= 0.3 is 0 Å². The van der Waals surface area contributed by atoms with E-state index in [9.17, 15) is 0 Å². The fraction of sp³-hybridized carbons (Fsp3) is 0.714. The molecule has 0 bridgehead atoms. The Morgan fingerprint density at radius 2 is 2.05 bits per heavy atom. The van der Waals surface area contributed by atoms with Gasteiger partial charge in [-0.2, -0.15) is 0 Å². The van der Waals surface area contributed by atoms with Crippen LogP contribution in [0.2, 0.25) is 0 Å². The van der Waals surface area contributed by atoms with E-state index >= 15 is 0 Å². The summed E-state index contributed by atoms with van der Waals surface area (Å²) in [6.45, 7) is 14.2. The number of hydrogen-bond donors (Lipinski definition) is 0. The highest BCUT2D eigenvalue weighted by atomic mass is 16.3. The lowest BCUT2D eigenvalue weighted by molar-refractivity contribution is -0.0541. The molecule has 1 aromatic heterocycles. The van der Waals surface area contributed by atoms with Crippen molar-refractivity contribution in [2.75, 3.05) is 0 Å². The first-order chi connectivity index (χ1) is 10.3. The van der Waals surface area contributed by atoms with Crippen LogP contribution in [0.15, 0.2) is 28.9 Å². The maximum atomic E-state index is 5.67. The van der Waals surface area contributed by atoms with Gasteiger partial charge in [-0.25, -0.2) is 0 Å². The van der Waals surface area contributed by atoms with Gasteiger partial charge in [-0.05, 0) is 73.3 Å². The molecule has 1 heterocycles. The van der Waals surface area contributed by atoms with Crippen LogP contribution in [-0.4, -0.2) is 0 Å². The SMILES string of the molecule is C=C1CC[C@H]2C(C)(C)CCC[C@]2(C)[C@H]1CCc1occc1C. The van der Waals surface area contributed by atoms with Crippen molar-refractivity contribution >= 4 is 0 Å². The zero-order valence-corrected chi connectivity index (χ0v) is 14.9. The molecule has 2 saturated carbocycles. The molecule has 0 unspecified atom stereocenters. The minimum absolute atomic E-state index is 0.442. The molecule has 0 radical (unpaired) electrons. The molecule has 1 heteroatoms. The molecule has 0 aromatic carbocycles. The summed E-state index contributed by atoms with van der Waals surface area (Å²) in [5.74, 6) is 2.69. The van der Waals surface area contributed by atoms with Crippen molar-refractivity contribution in [1.29, 1.82) is 0 Å². The highest BCUT2D eigenvalue weighted by Crippen LogP contribution is 2.61. The van der Waals surface area contributed by atoms with Gasteiger partial charge in [0.2, 0.25) is 0 Å². The molecule has 0 N–H and O–H groups in total. The van der Waals surface area contributed by atoms with Crippen LogP contribution in [0.5, 0.6) is 0 Å². The quantitative estimate of drug-likeness (QED) is 0.595. The van der Waals surface area contributed by atoms with Crippen LogP contribution in [0.4, 0.5) is 0 Å². The Morgan fingerprint density at radius 3 is 2.73 bits per heavy atom. The molecule has 1 nitrogen and oxygen atoms in total. The summed E-state index contributed by atoms with van der Waals surface area (Å²) in [6.07, 6.45) is 10.8. The molecule has 3 atom stereocenters. The molecule has 0 spiro atoms. The smallest absolute Gasteiger partial charge is 0.106 e. The highest BCUT2D eigenvalue weighted by Gasteiger charge is 2.52. The number of furan rings is 1. The molecule has 22 heavy (non-hydrogen) atoms. The molecule has 0 aliphatic heterocycles. The van der Waals surface area contributed by atoms with Crippen molar-refractivity contribution in [3.05, 3.63) is 35.8 Å². The van der Waals surface area contributed by atoms with Crippen molar-refractivity contribution in [2.24, 2.45) is 22.7 Å². The van der Waals surface area contributed by atoms with Gasteiger partial charge < -0.3 is 4.42 Å². The second-order valence-electron chi connectivity index (χ2n) is 8.72. The third-order valence-electron chi connectivity index (χ3n) is 6.95. The summed E-state index contributed by atoms with van der Waals surface area (Å²) < 4.78 is 5.67. The molecule has 0 saturated heterocycles. The zero-order valence-electron chi connectivity index (χ0n) is 14.9. The van der Waals surface area contributed by atoms with Gasteiger partial charge in [-0.15, -0.1) is 0 Å². The predicted molar refractivity (Wildman–Crippen MR) is 92.9 cm³/mol. The van der Waals surface area contributed by atoms with Crippen molar-refractivity contribution < 1.29 is 4.42 Å². The second-order valence-corrected chi connectivity index (χ2v) is 8.72. The van der Waals surface area contributed by atoms with Gasteiger partial charge in [0, 0.05) is 6.42 Å². The van der Waals surface area contributed by atoms with Gasteiger partial charge in [0.05, 0.1) is 6.26 Å². The van der Waals surface area contributed by atoms with E-state index < -0.39 is 0 Å². The first-order valence-corrected chi connectivity index (χ1v) is 9.05. The number of fused-ring (bicyclic) bond motifs is 1. The lowest BCUT2D eigenvalue weighted by atomic mass is 9.47. The average Bonchev–Trinajstić information content (AvgIpc) is 2.82. The fourth-order valence-electron chi connectivity index (χ4n) is 5.74. The molecule has 2 fully saturated rings.